The van der Waals surface area contributed by atoms with Crippen molar-refractivity contribution in [3.63, 3.8) is 0 Å². The summed E-state index contributed by atoms with van der Waals surface area (Å²) < 4.78 is 28.7. The lowest BCUT2D eigenvalue weighted by molar-refractivity contribution is 0.325. The van der Waals surface area contributed by atoms with Crippen molar-refractivity contribution < 1.29 is 8.42 Å². The molecule has 0 saturated heterocycles. The van der Waals surface area contributed by atoms with Crippen LogP contribution in [0.15, 0.2) is 0 Å². The van der Waals surface area contributed by atoms with Gasteiger partial charge in [-0.2, -0.15) is 17.4 Å². The molecule has 0 amide bonds. The van der Waals surface area contributed by atoms with Crippen molar-refractivity contribution in [3.05, 3.63) is 0 Å². The maximum atomic E-state index is 12.2. The summed E-state index contributed by atoms with van der Waals surface area (Å²) in [5.74, 6) is 0.734. The standard InChI is InChI=1S/C14H31N3O2S/c1-4-10-15-11-5-12-17(3)20(18,19)16-14-8-6-13(2)7-9-14/h13-16H,4-12H2,1-3H3. The fraction of sp³-hybridized carbons (Fsp3) is 1.00. The first kappa shape index (κ1) is 17.9. The van der Waals surface area contributed by atoms with Gasteiger partial charge in [0.2, 0.25) is 0 Å². The van der Waals surface area contributed by atoms with Gasteiger partial charge in [0.1, 0.15) is 0 Å². The van der Waals surface area contributed by atoms with Crippen LogP contribution < -0.4 is 10.0 Å². The minimum absolute atomic E-state index is 0.122. The summed E-state index contributed by atoms with van der Waals surface area (Å²) in [4.78, 5) is 0. The SMILES string of the molecule is CCCNCCCN(C)S(=O)(=O)NC1CCC(C)CC1. The summed E-state index contributed by atoms with van der Waals surface area (Å²) in [6.07, 6.45) is 6.13. The minimum Gasteiger partial charge on any atom is -0.317 e. The van der Waals surface area contributed by atoms with Gasteiger partial charge in [-0.25, -0.2) is 0 Å². The number of nitrogens with one attached hydrogen (secondary N) is 2. The van der Waals surface area contributed by atoms with Crippen LogP contribution in [0.4, 0.5) is 0 Å². The van der Waals surface area contributed by atoms with Crippen LogP contribution in [0.3, 0.4) is 0 Å². The van der Waals surface area contributed by atoms with Crippen LogP contribution in [0.25, 0.3) is 0 Å². The Hall–Kier alpha value is -0.170. The molecule has 120 valence electrons. The van der Waals surface area contributed by atoms with Gasteiger partial charge in [0.05, 0.1) is 0 Å². The summed E-state index contributed by atoms with van der Waals surface area (Å²) in [6.45, 7) is 6.79. The molecule has 1 rings (SSSR count). The van der Waals surface area contributed by atoms with Gasteiger partial charge in [-0.05, 0) is 57.5 Å². The van der Waals surface area contributed by atoms with Crippen molar-refractivity contribution in [2.24, 2.45) is 5.92 Å². The second-order valence-corrected chi connectivity index (χ2v) is 7.81. The van der Waals surface area contributed by atoms with Crippen LogP contribution in [0.2, 0.25) is 0 Å². The predicted octanol–water partition coefficient (Wildman–Crippen LogP) is 1.72. The van der Waals surface area contributed by atoms with E-state index in [0.29, 0.717) is 6.54 Å². The zero-order valence-electron chi connectivity index (χ0n) is 13.2. The van der Waals surface area contributed by atoms with Gasteiger partial charge >= 0.3 is 0 Å². The van der Waals surface area contributed by atoms with Gasteiger partial charge in [-0.3, -0.25) is 0 Å². The van der Waals surface area contributed by atoms with Gasteiger partial charge in [-0.1, -0.05) is 13.8 Å². The Morgan fingerprint density at radius 1 is 1.15 bits per heavy atom. The van der Waals surface area contributed by atoms with Crippen molar-refractivity contribution in [3.8, 4) is 0 Å². The molecule has 0 aromatic heterocycles. The average molecular weight is 305 g/mol. The maximum Gasteiger partial charge on any atom is 0.279 e. The van der Waals surface area contributed by atoms with Crippen molar-refractivity contribution >= 4 is 10.2 Å². The Morgan fingerprint density at radius 2 is 1.80 bits per heavy atom. The predicted molar refractivity (Wildman–Crippen MR) is 83.9 cm³/mol. The molecule has 0 heterocycles. The topological polar surface area (TPSA) is 61.4 Å². The molecule has 0 unspecified atom stereocenters. The first-order valence-electron chi connectivity index (χ1n) is 7.90. The number of hydrogen-bond acceptors (Lipinski definition) is 3. The molecule has 0 radical (unpaired) electrons. The van der Waals surface area contributed by atoms with Crippen LogP contribution in [0.5, 0.6) is 0 Å². The first-order chi connectivity index (χ1) is 9.45. The highest BCUT2D eigenvalue weighted by molar-refractivity contribution is 7.87. The smallest absolute Gasteiger partial charge is 0.279 e. The maximum absolute atomic E-state index is 12.2. The molecule has 0 spiro atoms. The fourth-order valence-corrected chi connectivity index (χ4v) is 3.73. The monoisotopic (exact) mass is 305 g/mol. The van der Waals surface area contributed by atoms with Gasteiger partial charge in [0, 0.05) is 19.6 Å². The second-order valence-electron chi connectivity index (χ2n) is 6.00. The molecule has 2 N–H and O–H groups in total. The Labute approximate surface area is 124 Å². The number of nitrogens with zero attached hydrogens (tertiary/aromatic N) is 1. The third-order valence-corrected chi connectivity index (χ3v) is 5.63. The molecular formula is C14H31N3O2S. The van der Waals surface area contributed by atoms with Gasteiger partial charge in [0.15, 0.2) is 0 Å². The van der Waals surface area contributed by atoms with Gasteiger partial charge in [0.25, 0.3) is 10.2 Å². The first-order valence-corrected chi connectivity index (χ1v) is 9.34. The highest BCUT2D eigenvalue weighted by Gasteiger charge is 2.25. The van der Waals surface area contributed by atoms with Gasteiger partial charge < -0.3 is 5.32 Å². The average Bonchev–Trinajstić information content (AvgIpc) is 2.40. The molecule has 0 atom stereocenters. The molecule has 1 aliphatic carbocycles. The van der Waals surface area contributed by atoms with Crippen molar-refractivity contribution in [2.45, 2.75) is 58.4 Å². The molecule has 0 aromatic carbocycles. The van der Waals surface area contributed by atoms with Crippen LogP contribution in [-0.2, 0) is 10.2 Å². The van der Waals surface area contributed by atoms with E-state index in [0.717, 1.165) is 57.5 Å². The van der Waals surface area contributed by atoms with Crippen molar-refractivity contribution in [1.82, 2.24) is 14.3 Å². The Bertz CT molecular complexity index is 351. The molecule has 5 nitrogen and oxygen atoms in total. The lowest BCUT2D eigenvalue weighted by atomic mass is 9.88. The van der Waals surface area contributed by atoms with E-state index in [2.05, 4.69) is 23.9 Å². The molecule has 1 aliphatic rings. The van der Waals surface area contributed by atoms with E-state index in [-0.39, 0.29) is 6.04 Å². The molecule has 6 heteroatoms. The van der Waals surface area contributed by atoms with E-state index in [1.54, 1.807) is 7.05 Å². The Morgan fingerprint density at radius 3 is 2.40 bits per heavy atom. The van der Waals surface area contributed by atoms with Crippen LogP contribution in [0, 0.1) is 5.92 Å². The lowest BCUT2D eigenvalue weighted by Crippen LogP contribution is -2.45. The summed E-state index contributed by atoms with van der Waals surface area (Å²) in [7, 11) is -1.65. The van der Waals surface area contributed by atoms with Crippen molar-refractivity contribution in [2.75, 3.05) is 26.7 Å². The number of rotatable bonds is 9. The zero-order valence-corrected chi connectivity index (χ0v) is 14.0. The highest BCUT2D eigenvalue weighted by atomic mass is 32.2. The summed E-state index contributed by atoms with van der Waals surface area (Å²) >= 11 is 0. The lowest BCUT2D eigenvalue weighted by Gasteiger charge is -2.28. The third kappa shape index (κ3) is 6.52. The molecule has 0 bridgehead atoms. The number of hydrogen-bond donors (Lipinski definition) is 2. The molecule has 20 heavy (non-hydrogen) atoms. The molecule has 1 saturated carbocycles. The molecule has 1 fully saturated rings. The minimum atomic E-state index is -3.31. The van der Waals surface area contributed by atoms with Crippen LogP contribution >= 0.6 is 0 Å². The highest BCUT2D eigenvalue weighted by Crippen LogP contribution is 2.24. The van der Waals surface area contributed by atoms with Gasteiger partial charge in [-0.15, -0.1) is 0 Å². The van der Waals surface area contributed by atoms with Crippen molar-refractivity contribution in [1.29, 1.82) is 0 Å². The fourth-order valence-electron chi connectivity index (χ4n) is 2.53. The van der Waals surface area contributed by atoms with Crippen LogP contribution in [-0.4, -0.2) is 45.4 Å². The Balaban J connectivity index is 2.28. The zero-order chi connectivity index (χ0) is 15.0. The third-order valence-electron chi connectivity index (χ3n) is 4.00. The molecule has 0 aliphatic heterocycles. The summed E-state index contributed by atoms with van der Waals surface area (Å²) in [5.41, 5.74) is 0. The summed E-state index contributed by atoms with van der Waals surface area (Å²) in [6, 6.07) is 0.122. The van der Waals surface area contributed by atoms with E-state index >= 15 is 0 Å². The van der Waals surface area contributed by atoms with E-state index in [9.17, 15) is 8.42 Å². The van der Waals surface area contributed by atoms with E-state index in [4.69, 9.17) is 0 Å². The quantitative estimate of drug-likeness (QED) is 0.638. The second kappa shape index (κ2) is 8.97. The normalized spacial score (nSPS) is 24.2. The molecular weight excluding hydrogens is 274 g/mol. The summed E-state index contributed by atoms with van der Waals surface area (Å²) in [5, 5.41) is 3.29. The largest absolute Gasteiger partial charge is 0.317 e. The Kier molecular flexibility index (Phi) is 8.02. The van der Waals surface area contributed by atoms with Crippen LogP contribution in [0.1, 0.15) is 52.4 Å². The molecule has 0 aromatic rings. The van der Waals surface area contributed by atoms with E-state index < -0.39 is 10.2 Å². The van der Waals surface area contributed by atoms with E-state index in [1.165, 1.54) is 4.31 Å². The van der Waals surface area contributed by atoms with E-state index in [1.807, 2.05) is 0 Å².